The van der Waals surface area contributed by atoms with E-state index < -0.39 is 11.7 Å². The lowest BCUT2D eigenvalue weighted by molar-refractivity contribution is 0.0296. The third kappa shape index (κ3) is 1.67. The van der Waals surface area contributed by atoms with Gasteiger partial charge in [0, 0.05) is 6.42 Å². The minimum Gasteiger partial charge on any atom is -0.504 e. The summed E-state index contributed by atoms with van der Waals surface area (Å²) in [7, 11) is 1.26. The van der Waals surface area contributed by atoms with E-state index in [0.717, 1.165) is 0 Å². The van der Waals surface area contributed by atoms with Gasteiger partial charge in [0.15, 0.2) is 11.5 Å². The fraction of sp³-hybridized carbons (Fsp3) is 0.364. The van der Waals surface area contributed by atoms with Crippen LogP contribution in [0.1, 0.15) is 22.8 Å². The van der Waals surface area contributed by atoms with Gasteiger partial charge in [0.05, 0.1) is 12.1 Å². The number of carbonyl (C=O) groups excluding carboxylic acids is 1. The molecule has 1 aliphatic heterocycles. The molecule has 1 aromatic carbocycles. The van der Waals surface area contributed by atoms with Crippen LogP contribution in [0, 0.1) is 0 Å². The highest BCUT2D eigenvalue weighted by Gasteiger charge is 2.33. The summed E-state index contributed by atoms with van der Waals surface area (Å²) in [6.45, 7) is 1.70. The van der Waals surface area contributed by atoms with E-state index in [4.69, 9.17) is 21.1 Å². The second kappa shape index (κ2) is 4.00. The first-order valence-electron chi connectivity index (χ1n) is 4.98. The zero-order valence-electron chi connectivity index (χ0n) is 9.28. The number of carbonyl (C=O) groups is 1. The molecule has 5 nitrogen and oxygen atoms in total. The Kier molecular flexibility index (Phi) is 2.79. The molecule has 1 heterocycles. The number of methoxy groups -OCH3 is 1. The van der Waals surface area contributed by atoms with Crippen molar-refractivity contribution in [2.45, 2.75) is 19.4 Å². The topological polar surface area (TPSA) is 76.0 Å². The van der Waals surface area contributed by atoms with E-state index in [1.807, 2.05) is 0 Å². The first kappa shape index (κ1) is 11.9. The summed E-state index contributed by atoms with van der Waals surface area (Å²) in [5.41, 5.74) is 0.342. The number of fused-ring (bicyclic) bond motifs is 1. The molecule has 1 aliphatic rings. The smallest absolute Gasteiger partial charge is 0.342 e. The maximum absolute atomic E-state index is 11.7. The van der Waals surface area contributed by atoms with Crippen molar-refractivity contribution in [3.05, 3.63) is 16.1 Å². The van der Waals surface area contributed by atoms with Crippen molar-refractivity contribution in [3.63, 3.8) is 0 Å². The predicted octanol–water partition coefficient (Wildman–Crippen LogP) is 1.86. The Morgan fingerprint density at radius 2 is 2.06 bits per heavy atom. The van der Waals surface area contributed by atoms with Gasteiger partial charge >= 0.3 is 5.97 Å². The van der Waals surface area contributed by atoms with Crippen LogP contribution in [0.25, 0.3) is 0 Å². The molecule has 6 heteroatoms. The zero-order chi connectivity index (χ0) is 12.7. The van der Waals surface area contributed by atoms with E-state index in [9.17, 15) is 15.0 Å². The molecule has 0 aliphatic carbocycles. The molecule has 1 aromatic rings. The quantitative estimate of drug-likeness (QED) is 0.752. The number of cyclic esters (lactones) is 1. The van der Waals surface area contributed by atoms with Crippen molar-refractivity contribution in [2.24, 2.45) is 0 Å². The molecule has 0 saturated heterocycles. The summed E-state index contributed by atoms with van der Waals surface area (Å²) in [4.78, 5) is 11.7. The highest BCUT2D eigenvalue weighted by atomic mass is 35.5. The van der Waals surface area contributed by atoms with Crippen LogP contribution in [-0.4, -0.2) is 29.4 Å². The van der Waals surface area contributed by atoms with Crippen molar-refractivity contribution >= 4 is 17.6 Å². The van der Waals surface area contributed by atoms with Crippen molar-refractivity contribution < 1.29 is 24.5 Å². The third-order valence-corrected chi connectivity index (χ3v) is 3.06. The Hall–Kier alpha value is -1.62. The van der Waals surface area contributed by atoms with Gasteiger partial charge in [0.1, 0.15) is 11.7 Å². The Morgan fingerprint density at radius 3 is 2.65 bits per heavy atom. The molecule has 0 aromatic heterocycles. The van der Waals surface area contributed by atoms with Crippen LogP contribution < -0.4 is 4.74 Å². The summed E-state index contributed by atoms with van der Waals surface area (Å²) < 4.78 is 9.80. The summed E-state index contributed by atoms with van der Waals surface area (Å²) in [5, 5.41) is 19.6. The summed E-state index contributed by atoms with van der Waals surface area (Å²) in [6.07, 6.45) is -0.00919. The zero-order valence-corrected chi connectivity index (χ0v) is 10.0. The van der Waals surface area contributed by atoms with Gasteiger partial charge in [-0.15, -0.1) is 0 Å². The van der Waals surface area contributed by atoms with Crippen molar-refractivity contribution in [1.82, 2.24) is 0 Å². The van der Waals surface area contributed by atoms with Gasteiger partial charge < -0.3 is 19.7 Å². The lowest BCUT2D eigenvalue weighted by Crippen LogP contribution is -2.25. The number of rotatable bonds is 1. The molecule has 0 saturated carbocycles. The molecule has 17 heavy (non-hydrogen) atoms. The first-order chi connectivity index (χ1) is 7.97. The van der Waals surface area contributed by atoms with E-state index in [-0.39, 0.29) is 28.2 Å². The van der Waals surface area contributed by atoms with E-state index >= 15 is 0 Å². The molecule has 1 atom stereocenters. The van der Waals surface area contributed by atoms with E-state index in [1.165, 1.54) is 7.11 Å². The van der Waals surface area contributed by atoms with Gasteiger partial charge in [-0.25, -0.2) is 4.79 Å². The number of phenolic OH excluding ortho intramolecular Hbond substituents is 2. The maximum atomic E-state index is 11.7. The molecule has 0 radical (unpaired) electrons. The SMILES string of the molecule is COc1c(O)c(Cl)c2c(c1O)C(=O)OC(C)C2. The lowest BCUT2D eigenvalue weighted by Gasteiger charge is -2.24. The molecule has 0 fully saturated rings. The van der Waals surface area contributed by atoms with Crippen LogP contribution in [0.2, 0.25) is 5.02 Å². The normalized spacial score (nSPS) is 18.5. The average molecular weight is 259 g/mol. The molecule has 92 valence electrons. The van der Waals surface area contributed by atoms with Gasteiger partial charge in [-0.3, -0.25) is 0 Å². The Morgan fingerprint density at radius 1 is 1.41 bits per heavy atom. The minimum absolute atomic E-state index is 0.0122. The number of halogens is 1. The Bertz CT molecular complexity index is 497. The molecular weight excluding hydrogens is 248 g/mol. The number of hydrogen-bond donors (Lipinski definition) is 2. The van der Waals surface area contributed by atoms with E-state index in [0.29, 0.717) is 12.0 Å². The Labute approximate surface area is 103 Å². The lowest BCUT2D eigenvalue weighted by atomic mass is 9.97. The number of aromatic hydroxyl groups is 2. The van der Waals surface area contributed by atoms with Crippen LogP contribution >= 0.6 is 11.6 Å². The van der Waals surface area contributed by atoms with Crippen molar-refractivity contribution in [3.8, 4) is 17.2 Å². The summed E-state index contributed by atoms with van der Waals surface area (Å²) in [5.74, 6) is -1.70. The van der Waals surface area contributed by atoms with Gasteiger partial charge in [0.25, 0.3) is 0 Å². The predicted molar refractivity (Wildman–Crippen MR) is 59.9 cm³/mol. The highest BCUT2D eigenvalue weighted by Crippen LogP contribution is 2.48. The molecule has 0 amide bonds. The summed E-state index contributed by atoms with van der Waals surface area (Å²) >= 11 is 5.95. The van der Waals surface area contributed by atoms with E-state index in [1.54, 1.807) is 6.92 Å². The number of ether oxygens (including phenoxy) is 2. The maximum Gasteiger partial charge on any atom is 0.342 e. The molecule has 2 rings (SSSR count). The second-order valence-corrected chi connectivity index (χ2v) is 4.20. The van der Waals surface area contributed by atoms with Crippen LogP contribution in [-0.2, 0) is 11.2 Å². The third-order valence-electron chi connectivity index (χ3n) is 2.65. The summed E-state index contributed by atoms with van der Waals surface area (Å²) in [6, 6.07) is 0. The molecule has 0 bridgehead atoms. The second-order valence-electron chi connectivity index (χ2n) is 3.82. The molecular formula is C11H11ClO5. The average Bonchev–Trinajstić information content (AvgIpc) is 2.25. The highest BCUT2D eigenvalue weighted by molar-refractivity contribution is 6.34. The van der Waals surface area contributed by atoms with Gasteiger partial charge in [0.2, 0.25) is 5.75 Å². The van der Waals surface area contributed by atoms with Gasteiger partial charge in [-0.1, -0.05) is 11.6 Å². The fourth-order valence-corrected chi connectivity index (χ4v) is 2.15. The van der Waals surface area contributed by atoms with Crippen LogP contribution in [0.4, 0.5) is 0 Å². The number of hydrogen-bond acceptors (Lipinski definition) is 5. The first-order valence-corrected chi connectivity index (χ1v) is 5.36. The number of benzene rings is 1. The largest absolute Gasteiger partial charge is 0.504 e. The van der Waals surface area contributed by atoms with Crippen LogP contribution in [0.3, 0.4) is 0 Å². The molecule has 1 unspecified atom stereocenters. The number of esters is 1. The van der Waals surface area contributed by atoms with Crippen LogP contribution in [0.5, 0.6) is 17.2 Å². The minimum atomic E-state index is -0.670. The van der Waals surface area contributed by atoms with Gasteiger partial charge in [-0.2, -0.15) is 0 Å². The van der Waals surface area contributed by atoms with Crippen molar-refractivity contribution in [2.75, 3.05) is 7.11 Å². The van der Waals surface area contributed by atoms with Gasteiger partial charge in [-0.05, 0) is 12.5 Å². The number of phenols is 2. The monoisotopic (exact) mass is 258 g/mol. The fourth-order valence-electron chi connectivity index (χ4n) is 1.90. The van der Waals surface area contributed by atoms with Crippen LogP contribution in [0.15, 0.2) is 0 Å². The molecule has 0 spiro atoms. The molecule has 2 N–H and O–H groups in total. The Balaban J connectivity index is 2.75. The van der Waals surface area contributed by atoms with E-state index in [2.05, 4.69) is 0 Å². The van der Waals surface area contributed by atoms with Crippen molar-refractivity contribution in [1.29, 1.82) is 0 Å². The standard InChI is InChI=1S/C11H11ClO5/c1-4-3-5-6(11(15)17-4)8(13)10(16-2)9(14)7(5)12/h4,13-14H,3H2,1-2H3.